The Labute approximate surface area is 180 Å². The van der Waals surface area contributed by atoms with E-state index in [2.05, 4.69) is 10.3 Å². The fourth-order valence-corrected chi connectivity index (χ4v) is 3.66. The fraction of sp³-hybridized carbons (Fsp3) is 0.333. The molecular formula is C21H19ClF3N3O3. The van der Waals surface area contributed by atoms with Gasteiger partial charge in [0.1, 0.15) is 17.1 Å². The van der Waals surface area contributed by atoms with Crippen molar-refractivity contribution in [2.45, 2.75) is 25.1 Å². The topological polar surface area (TPSA) is 64.9 Å². The van der Waals surface area contributed by atoms with Crippen LogP contribution in [-0.2, 0) is 4.74 Å². The number of carbonyl (C=O) groups excluding carboxylic acids is 1. The Morgan fingerprint density at radius 3 is 2.81 bits per heavy atom. The predicted octanol–water partition coefficient (Wildman–Crippen LogP) is 4.50. The van der Waals surface area contributed by atoms with E-state index < -0.39 is 18.3 Å². The molecule has 1 N–H and O–H groups in total. The summed E-state index contributed by atoms with van der Waals surface area (Å²) in [5.41, 5.74) is 0.870. The molecule has 4 rings (SSSR count). The molecule has 0 spiro atoms. The molecule has 2 aromatic heterocycles. The third-order valence-corrected chi connectivity index (χ3v) is 5.16. The number of imidazole rings is 1. The van der Waals surface area contributed by atoms with Gasteiger partial charge < -0.3 is 19.2 Å². The molecule has 3 heterocycles. The number of hydrogen-bond donors (Lipinski definition) is 1. The van der Waals surface area contributed by atoms with Crippen LogP contribution < -0.4 is 10.1 Å². The van der Waals surface area contributed by atoms with E-state index in [-0.39, 0.29) is 17.4 Å². The molecule has 3 aromatic rings. The van der Waals surface area contributed by atoms with Crippen LogP contribution in [0.25, 0.3) is 16.8 Å². The first-order valence-corrected chi connectivity index (χ1v) is 9.89. The molecule has 31 heavy (non-hydrogen) atoms. The number of fused-ring (bicyclic) bond motifs is 1. The highest BCUT2D eigenvalue weighted by atomic mass is 35.5. The van der Waals surface area contributed by atoms with Gasteiger partial charge in [-0.25, -0.2) is 4.98 Å². The summed E-state index contributed by atoms with van der Waals surface area (Å²) in [6, 6.07) is 7.88. The predicted molar refractivity (Wildman–Crippen MR) is 108 cm³/mol. The second-order valence-electron chi connectivity index (χ2n) is 7.65. The zero-order chi connectivity index (χ0) is 22.2. The van der Waals surface area contributed by atoms with Gasteiger partial charge in [0.25, 0.3) is 5.91 Å². The van der Waals surface area contributed by atoms with Crippen molar-refractivity contribution < 1.29 is 27.4 Å². The smallest absolute Gasteiger partial charge is 0.422 e. The zero-order valence-electron chi connectivity index (χ0n) is 16.5. The monoisotopic (exact) mass is 453 g/mol. The molecule has 1 saturated heterocycles. The first kappa shape index (κ1) is 21.5. The lowest BCUT2D eigenvalue weighted by molar-refractivity contribution is -0.153. The number of benzene rings is 1. The van der Waals surface area contributed by atoms with E-state index >= 15 is 0 Å². The Balaban J connectivity index is 1.72. The van der Waals surface area contributed by atoms with Gasteiger partial charge in [0.05, 0.1) is 17.2 Å². The number of nitrogens with one attached hydrogen (secondary N) is 1. The van der Waals surface area contributed by atoms with Crippen molar-refractivity contribution >= 4 is 23.2 Å². The average Bonchev–Trinajstić information content (AvgIpc) is 3.31. The maximum Gasteiger partial charge on any atom is 0.422 e. The number of amides is 1. The highest BCUT2D eigenvalue weighted by molar-refractivity contribution is 6.31. The highest BCUT2D eigenvalue weighted by Gasteiger charge is 2.32. The van der Waals surface area contributed by atoms with E-state index in [1.807, 2.05) is 6.92 Å². The number of rotatable bonds is 5. The van der Waals surface area contributed by atoms with Crippen LogP contribution >= 0.6 is 11.6 Å². The largest absolute Gasteiger partial charge is 0.483 e. The van der Waals surface area contributed by atoms with E-state index in [0.717, 1.165) is 0 Å². The Kier molecular flexibility index (Phi) is 5.57. The van der Waals surface area contributed by atoms with Crippen molar-refractivity contribution in [3.05, 3.63) is 53.4 Å². The molecule has 0 radical (unpaired) electrons. The molecule has 1 aromatic carbocycles. The minimum Gasteiger partial charge on any atom is -0.483 e. The third-order valence-electron chi connectivity index (χ3n) is 4.95. The van der Waals surface area contributed by atoms with Gasteiger partial charge in [-0.3, -0.25) is 4.79 Å². The lowest BCUT2D eigenvalue weighted by atomic mass is 10.0. The number of pyridine rings is 1. The molecule has 1 aliphatic heterocycles. The molecule has 1 aliphatic rings. The van der Waals surface area contributed by atoms with Gasteiger partial charge in [-0.2, -0.15) is 13.2 Å². The molecule has 1 amide bonds. The molecule has 1 atom stereocenters. The Hall–Kier alpha value is -2.78. The summed E-state index contributed by atoms with van der Waals surface area (Å²) >= 11 is 6.24. The van der Waals surface area contributed by atoms with Crippen molar-refractivity contribution in [2.75, 3.05) is 19.8 Å². The second-order valence-corrected chi connectivity index (χ2v) is 8.08. The highest BCUT2D eigenvalue weighted by Crippen LogP contribution is 2.35. The summed E-state index contributed by atoms with van der Waals surface area (Å²) in [4.78, 5) is 17.2. The van der Waals surface area contributed by atoms with E-state index in [1.54, 1.807) is 34.9 Å². The van der Waals surface area contributed by atoms with E-state index in [0.29, 0.717) is 41.4 Å². The number of carbonyl (C=O) groups is 1. The van der Waals surface area contributed by atoms with Gasteiger partial charge in [0, 0.05) is 30.1 Å². The molecule has 6 nitrogen and oxygen atoms in total. The maximum absolute atomic E-state index is 12.8. The van der Waals surface area contributed by atoms with Crippen LogP contribution in [0.1, 0.15) is 23.8 Å². The van der Waals surface area contributed by atoms with Crippen LogP contribution in [0, 0.1) is 0 Å². The molecule has 164 valence electrons. The molecular weight excluding hydrogens is 435 g/mol. The number of halogens is 4. The van der Waals surface area contributed by atoms with Gasteiger partial charge in [-0.15, -0.1) is 0 Å². The van der Waals surface area contributed by atoms with E-state index in [4.69, 9.17) is 21.1 Å². The summed E-state index contributed by atoms with van der Waals surface area (Å²) in [5, 5.41) is 3.26. The van der Waals surface area contributed by atoms with Gasteiger partial charge >= 0.3 is 6.18 Å². The number of hydrogen-bond acceptors (Lipinski definition) is 4. The lowest BCUT2D eigenvalue weighted by Gasteiger charge is -2.22. The quantitative estimate of drug-likeness (QED) is 0.617. The molecule has 1 fully saturated rings. The first-order valence-electron chi connectivity index (χ1n) is 9.51. The lowest BCUT2D eigenvalue weighted by Crippen LogP contribution is -2.46. The number of ether oxygens (including phenoxy) is 2. The van der Waals surface area contributed by atoms with Crippen LogP contribution in [0.4, 0.5) is 13.2 Å². The normalized spacial score (nSPS) is 19.0. The van der Waals surface area contributed by atoms with Crippen LogP contribution in [0.3, 0.4) is 0 Å². The molecule has 0 aliphatic carbocycles. The van der Waals surface area contributed by atoms with Crippen molar-refractivity contribution in [1.82, 2.24) is 14.7 Å². The Morgan fingerprint density at radius 1 is 1.32 bits per heavy atom. The summed E-state index contributed by atoms with van der Waals surface area (Å²) in [7, 11) is 0. The Morgan fingerprint density at radius 2 is 2.10 bits per heavy atom. The average molecular weight is 454 g/mol. The Bertz CT molecular complexity index is 1120. The van der Waals surface area contributed by atoms with Crippen LogP contribution in [0.15, 0.2) is 42.7 Å². The second kappa shape index (κ2) is 8.05. The van der Waals surface area contributed by atoms with Crippen LogP contribution in [0.5, 0.6) is 5.75 Å². The number of alkyl halides is 3. The maximum atomic E-state index is 12.8. The van der Waals surface area contributed by atoms with Crippen molar-refractivity contribution in [3.8, 4) is 16.9 Å². The van der Waals surface area contributed by atoms with Gasteiger partial charge in [-0.05, 0) is 25.5 Å². The first-order chi connectivity index (χ1) is 14.6. The number of para-hydroxylation sites is 1. The zero-order valence-corrected chi connectivity index (χ0v) is 17.3. The van der Waals surface area contributed by atoms with Crippen molar-refractivity contribution in [3.63, 3.8) is 0 Å². The molecule has 10 heteroatoms. The van der Waals surface area contributed by atoms with Gasteiger partial charge in [-0.1, -0.05) is 29.8 Å². The van der Waals surface area contributed by atoms with Gasteiger partial charge in [0.2, 0.25) is 0 Å². The summed E-state index contributed by atoms with van der Waals surface area (Å²) in [5.74, 6) is -0.339. The summed E-state index contributed by atoms with van der Waals surface area (Å²) in [6.45, 7) is 1.44. The van der Waals surface area contributed by atoms with Crippen LogP contribution in [0.2, 0.25) is 5.02 Å². The number of nitrogens with zero attached hydrogens (tertiary/aromatic N) is 2. The summed E-state index contributed by atoms with van der Waals surface area (Å²) < 4.78 is 49.9. The third kappa shape index (κ3) is 4.77. The van der Waals surface area contributed by atoms with Crippen molar-refractivity contribution in [2.24, 2.45) is 0 Å². The SMILES string of the molecule is C[C@@]1(NC(=O)c2cn3cc(Cl)cc(-c4ccccc4OCC(F)(F)F)c3n2)CCOC1. The summed E-state index contributed by atoms with van der Waals surface area (Å²) in [6.07, 6.45) is -0.690. The fourth-order valence-electron chi connectivity index (χ4n) is 3.45. The van der Waals surface area contributed by atoms with Crippen LogP contribution in [-0.4, -0.2) is 46.8 Å². The van der Waals surface area contributed by atoms with Gasteiger partial charge in [0.15, 0.2) is 6.61 Å². The van der Waals surface area contributed by atoms with E-state index in [1.165, 1.54) is 12.3 Å². The molecule has 0 unspecified atom stereocenters. The number of aromatic nitrogens is 2. The molecule has 0 bridgehead atoms. The standard InChI is InChI=1S/C21H19ClF3N3O3/c1-20(6-7-30-11-20)27-19(29)16-10-28-9-13(22)8-15(18(28)26-16)14-4-2-3-5-17(14)31-12-21(23,24)25/h2-5,8-10H,6-7,11-12H2,1H3,(H,27,29)/t20-/m1/s1. The minimum atomic E-state index is -4.48. The van der Waals surface area contributed by atoms with Crippen molar-refractivity contribution in [1.29, 1.82) is 0 Å². The molecule has 0 saturated carbocycles. The minimum absolute atomic E-state index is 0.0357. The van der Waals surface area contributed by atoms with E-state index in [9.17, 15) is 18.0 Å².